The highest BCUT2D eigenvalue weighted by Crippen LogP contribution is 2.13. The Morgan fingerprint density at radius 1 is 0.962 bits per heavy atom. The first-order chi connectivity index (χ1) is 12.6. The number of rotatable bonds is 9. The van der Waals surface area contributed by atoms with Gasteiger partial charge in [-0.05, 0) is 54.7 Å². The van der Waals surface area contributed by atoms with Crippen LogP contribution in [0.1, 0.15) is 34.3 Å². The molecular formula is C20H24N2O4. The lowest BCUT2D eigenvalue weighted by Gasteiger charge is -2.07. The molecule has 138 valence electrons. The molecule has 26 heavy (non-hydrogen) atoms. The minimum atomic E-state index is -0.540. The molecule has 0 heterocycles. The average Bonchev–Trinajstić information content (AvgIpc) is 2.68. The Morgan fingerprint density at radius 3 is 2.19 bits per heavy atom. The molecule has 0 spiro atoms. The van der Waals surface area contributed by atoms with Gasteiger partial charge in [0.05, 0.1) is 7.11 Å². The minimum absolute atomic E-state index is 0.0368. The lowest BCUT2D eigenvalue weighted by atomic mass is 10.1. The van der Waals surface area contributed by atoms with Crippen molar-refractivity contribution in [1.29, 1.82) is 0 Å². The van der Waals surface area contributed by atoms with Gasteiger partial charge in [0.1, 0.15) is 5.75 Å². The zero-order chi connectivity index (χ0) is 18.8. The van der Waals surface area contributed by atoms with Crippen LogP contribution in [0, 0.1) is 0 Å². The third kappa shape index (κ3) is 6.22. The predicted octanol–water partition coefficient (Wildman–Crippen LogP) is 2.50. The fourth-order valence-corrected chi connectivity index (χ4v) is 2.57. The van der Waals surface area contributed by atoms with Gasteiger partial charge in [-0.15, -0.1) is 0 Å². The largest absolute Gasteiger partial charge is 0.497 e. The van der Waals surface area contributed by atoms with Gasteiger partial charge in [0, 0.05) is 18.5 Å². The molecule has 0 aromatic heterocycles. The van der Waals surface area contributed by atoms with E-state index in [1.807, 2.05) is 24.3 Å². The van der Waals surface area contributed by atoms with Crippen molar-refractivity contribution in [2.75, 3.05) is 13.7 Å². The molecule has 2 aromatic carbocycles. The summed E-state index contributed by atoms with van der Waals surface area (Å²) in [5, 5.41) is 11.5. The number of aryl methyl sites for hydroxylation is 1. The predicted molar refractivity (Wildman–Crippen MR) is 98.3 cm³/mol. The fourth-order valence-electron chi connectivity index (χ4n) is 2.57. The van der Waals surface area contributed by atoms with E-state index < -0.39 is 5.91 Å². The molecule has 0 aliphatic heterocycles. The first-order valence-corrected chi connectivity index (χ1v) is 8.55. The van der Waals surface area contributed by atoms with Gasteiger partial charge in [0.15, 0.2) is 0 Å². The maximum absolute atomic E-state index is 11.9. The van der Waals surface area contributed by atoms with E-state index in [4.69, 9.17) is 9.94 Å². The van der Waals surface area contributed by atoms with Crippen molar-refractivity contribution < 1.29 is 19.5 Å². The Labute approximate surface area is 153 Å². The molecule has 6 nitrogen and oxygen atoms in total. The highest BCUT2D eigenvalue weighted by atomic mass is 16.5. The van der Waals surface area contributed by atoms with Crippen LogP contribution in [0.15, 0.2) is 48.5 Å². The van der Waals surface area contributed by atoms with E-state index in [2.05, 4.69) is 5.32 Å². The molecule has 2 rings (SSSR count). The van der Waals surface area contributed by atoms with Crippen LogP contribution in [0.3, 0.4) is 0 Å². The van der Waals surface area contributed by atoms with E-state index in [0.29, 0.717) is 24.9 Å². The summed E-state index contributed by atoms with van der Waals surface area (Å²) in [7, 11) is 1.64. The molecule has 0 atom stereocenters. The molecule has 3 N–H and O–H groups in total. The molecule has 2 aromatic rings. The number of hydroxylamine groups is 1. The third-order valence-electron chi connectivity index (χ3n) is 4.08. The topological polar surface area (TPSA) is 87.7 Å². The van der Waals surface area contributed by atoms with E-state index in [1.54, 1.807) is 36.9 Å². The summed E-state index contributed by atoms with van der Waals surface area (Å²) in [6, 6.07) is 14.8. The van der Waals surface area contributed by atoms with E-state index in [9.17, 15) is 9.59 Å². The minimum Gasteiger partial charge on any atom is -0.497 e. The Bertz CT molecular complexity index is 712. The number of carbonyl (C=O) groups excluding carboxylic acids is 2. The van der Waals surface area contributed by atoms with Crippen molar-refractivity contribution >= 4 is 11.8 Å². The monoisotopic (exact) mass is 356 g/mol. The normalized spacial score (nSPS) is 10.2. The Balaban J connectivity index is 1.64. The SMILES string of the molecule is COc1ccc(CCCC(=O)NCCc2ccc(C(=O)NO)cc2)cc1. The smallest absolute Gasteiger partial charge is 0.274 e. The van der Waals surface area contributed by atoms with E-state index >= 15 is 0 Å². The third-order valence-corrected chi connectivity index (χ3v) is 4.08. The molecule has 0 fully saturated rings. The van der Waals surface area contributed by atoms with E-state index in [0.717, 1.165) is 24.2 Å². The summed E-state index contributed by atoms with van der Waals surface area (Å²) < 4.78 is 5.12. The summed E-state index contributed by atoms with van der Waals surface area (Å²) in [6.45, 7) is 0.549. The molecule has 0 aliphatic carbocycles. The second kappa shape index (κ2) is 10.2. The Hall–Kier alpha value is -2.86. The van der Waals surface area contributed by atoms with Crippen molar-refractivity contribution in [2.24, 2.45) is 0 Å². The van der Waals surface area contributed by atoms with Gasteiger partial charge < -0.3 is 10.1 Å². The van der Waals surface area contributed by atoms with Crippen LogP contribution < -0.4 is 15.5 Å². The Morgan fingerprint density at radius 2 is 1.58 bits per heavy atom. The van der Waals surface area contributed by atoms with Crippen LogP contribution >= 0.6 is 0 Å². The number of hydrogen-bond acceptors (Lipinski definition) is 4. The summed E-state index contributed by atoms with van der Waals surface area (Å²) in [5.74, 6) is 0.327. The molecule has 2 amide bonds. The molecule has 0 saturated carbocycles. The molecule has 0 radical (unpaired) electrons. The standard InChI is InChI=1S/C20H24N2O4/c1-26-18-11-7-15(8-12-18)3-2-4-19(23)21-14-13-16-5-9-17(10-6-16)20(24)22-25/h5-12,25H,2-4,13-14H2,1H3,(H,21,23)(H,22,24). The van der Waals surface area contributed by atoms with Gasteiger partial charge in [-0.3, -0.25) is 14.8 Å². The molecule has 6 heteroatoms. The van der Waals surface area contributed by atoms with Crippen LogP contribution in [0.4, 0.5) is 0 Å². The van der Waals surface area contributed by atoms with Crippen molar-refractivity contribution in [3.63, 3.8) is 0 Å². The number of hydrogen-bond donors (Lipinski definition) is 3. The highest BCUT2D eigenvalue weighted by Gasteiger charge is 2.05. The summed E-state index contributed by atoms with van der Waals surface area (Å²) in [4.78, 5) is 23.1. The fraction of sp³-hybridized carbons (Fsp3) is 0.300. The molecule has 0 saturated heterocycles. The number of benzene rings is 2. The van der Waals surface area contributed by atoms with Gasteiger partial charge in [-0.1, -0.05) is 24.3 Å². The lowest BCUT2D eigenvalue weighted by molar-refractivity contribution is -0.121. The highest BCUT2D eigenvalue weighted by molar-refractivity contribution is 5.93. The maximum atomic E-state index is 11.9. The first-order valence-electron chi connectivity index (χ1n) is 8.55. The quantitative estimate of drug-likeness (QED) is 0.476. The van der Waals surface area contributed by atoms with Gasteiger partial charge in [-0.25, -0.2) is 5.48 Å². The van der Waals surface area contributed by atoms with Crippen LogP contribution in [-0.2, 0) is 17.6 Å². The molecular weight excluding hydrogens is 332 g/mol. The van der Waals surface area contributed by atoms with Gasteiger partial charge >= 0.3 is 0 Å². The number of carbonyl (C=O) groups is 2. The van der Waals surface area contributed by atoms with Crippen LogP contribution in [0.5, 0.6) is 5.75 Å². The van der Waals surface area contributed by atoms with Crippen LogP contribution in [0.25, 0.3) is 0 Å². The van der Waals surface area contributed by atoms with Crippen molar-refractivity contribution in [3.8, 4) is 5.75 Å². The molecule has 0 unspecified atom stereocenters. The second-order valence-electron chi connectivity index (χ2n) is 5.94. The van der Waals surface area contributed by atoms with Gasteiger partial charge in [0.25, 0.3) is 5.91 Å². The maximum Gasteiger partial charge on any atom is 0.274 e. The Kier molecular flexibility index (Phi) is 7.64. The van der Waals surface area contributed by atoms with E-state index in [1.165, 1.54) is 5.56 Å². The lowest BCUT2D eigenvalue weighted by Crippen LogP contribution is -2.25. The number of methoxy groups -OCH3 is 1. The molecule has 0 aliphatic rings. The zero-order valence-corrected chi connectivity index (χ0v) is 14.8. The van der Waals surface area contributed by atoms with E-state index in [-0.39, 0.29) is 5.91 Å². The average molecular weight is 356 g/mol. The number of amides is 2. The summed E-state index contributed by atoms with van der Waals surface area (Å²) in [5.41, 5.74) is 4.18. The second-order valence-corrected chi connectivity index (χ2v) is 5.94. The van der Waals surface area contributed by atoms with Gasteiger partial charge in [-0.2, -0.15) is 0 Å². The van der Waals surface area contributed by atoms with Crippen molar-refractivity contribution in [1.82, 2.24) is 10.8 Å². The van der Waals surface area contributed by atoms with Gasteiger partial charge in [0.2, 0.25) is 5.91 Å². The first kappa shape index (κ1) is 19.5. The van der Waals surface area contributed by atoms with Crippen LogP contribution in [0.2, 0.25) is 0 Å². The zero-order valence-electron chi connectivity index (χ0n) is 14.8. The molecule has 0 bridgehead atoms. The number of ether oxygens (including phenoxy) is 1. The number of nitrogens with one attached hydrogen (secondary N) is 2. The summed E-state index contributed by atoms with van der Waals surface area (Å²) >= 11 is 0. The van der Waals surface area contributed by atoms with Crippen molar-refractivity contribution in [2.45, 2.75) is 25.7 Å². The van der Waals surface area contributed by atoms with Crippen LogP contribution in [-0.4, -0.2) is 30.7 Å². The summed E-state index contributed by atoms with van der Waals surface area (Å²) in [6.07, 6.45) is 2.82. The van der Waals surface area contributed by atoms with Crippen molar-refractivity contribution in [3.05, 3.63) is 65.2 Å².